The molecule has 0 radical (unpaired) electrons. The highest BCUT2D eigenvalue weighted by Crippen LogP contribution is 2.27. The summed E-state index contributed by atoms with van der Waals surface area (Å²) in [6, 6.07) is 12.8. The number of ether oxygens (including phenoxy) is 2. The van der Waals surface area contributed by atoms with Gasteiger partial charge in [0.05, 0.1) is 25.3 Å². The second-order valence-corrected chi connectivity index (χ2v) is 7.62. The number of imide groups is 1. The number of hydrogen-bond acceptors (Lipinski definition) is 5. The van der Waals surface area contributed by atoms with E-state index in [9.17, 15) is 14.4 Å². The van der Waals surface area contributed by atoms with Crippen molar-refractivity contribution in [1.82, 2.24) is 4.90 Å². The second-order valence-electron chi connectivity index (χ2n) is 7.62. The molecule has 1 unspecified atom stereocenters. The number of carbonyl (C=O) groups is 3. The standard InChI is InChI=1S/C24H29N3O5/c1-4-14-32-20-11-7-18(8-12-20)25-22(28)16-21-23(29)27(19-9-5-17(2)6-10-19)24(30)26(21)13-15-31-3/h5-12,21H,4,13-16H2,1-3H3,(H,25,28). The van der Waals surface area contributed by atoms with Gasteiger partial charge in [-0.3, -0.25) is 9.59 Å². The van der Waals surface area contributed by atoms with Gasteiger partial charge in [0.2, 0.25) is 5.91 Å². The topological polar surface area (TPSA) is 88.2 Å². The van der Waals surface area contributed by atoms with Crippen molar-refractivity contribution in [1.29, 1.82) is 0 Å². The molecule has 0 bridgehead atoms. The lowest BCUT2D eigenvalue weighted by Crippen LogP contribution is -2.39. The van der Waals surface area contributed by atoms with Gasteiger partial charge in [0.15, 0.2) is 0 Å². The maximum Gasteiger partial charge on any atom is 0.332 e. The Labute approximate surface area is 188 Å². The van der Waals surface area contributed by atoms with E-state index in [0.29, 0.717) is 18.0 Å². The maximum atomic E-state index is 13.1. The third kappa shape index (κ3) is 5.45. The first kappa shape index (κ1) is 23.3. The Morgan fingerprint density at radius 2 is 1.72 bits per heavy atom. The van der Waals surface area contributed by atoms with Gasteiger partial charge < -0.3 is 19.7 Å². The summed E-state index contributed by atoms with van der Waals surface area (Å²) in [7, 11) is 1.52. The number of aryl methyl sites for hydroxylation is 1. The Hall–Kier alpha value is -3.39. The monoisotopic (exact) mass is 439 g/mol. The first-order valence-electron chi connectivity index (χ1n) is 10.7. The van der Waals surface area contributed by atoms with Gasteiger partial charge in [-0.05, 0) is 49.7 Å². The number of urea groups is 1. The molecule has 1 heterocycles. The fraction of sp³-hybridized carbons (Fsp3) is 0.375. The van der Waals surface area contributed by atoms with Crippen molar-refractivity contribution in [2.24, 2.45) is 0 Å². The number of nitrogens with one attached hydrogen (secondary N) is 1. The predicted octanol–water partition coefficient (Wildman–Crippen LogP) is 3.60. The zero-order valence-corrected chi connectivity index (χ0v) is 18.7. The number of carbonyl (C=O) groups excluding carboxylic acids is 3. The lowest BCUT2D eigenvalue weighted by atomic mass is 10.1. The number of methoxy groups -OCH3 is 1. The molecular formula is C24H29N3O5. The average Bonchev–Trinajstić information content (AvgIpc) is 3.01. The number of rotatable bonds is 10. The van der Waals surface area contributed by atoms with Gasteiger partial charge >= 0.3 is 6.03 Å². The van der Waals surface area contributed by atoms with Crippen LogP contribution in [0.1, 0.15) is 25.3 Å². The Bertz CT molecular complexity index is 943. The van der Waals surface area contributed by atoms with Crippen LogP contribution in [0.2, 0.25) is 0 Å². The van der Waals surface area contributed by atoms with Crippen molar-refractivity contribution in [2.45, 2.75) is 32.7 Å². The molecule has 0 aliphatic carbocycles. The van der Waals surface area contributed by atoms with Crippen molar-refractivity contribution in [2.75, 3.05) is 37.1 Å². The Morgan fingerprint density at radius 1 is 1.03 bits per heavy atom. The van der Waals surface area contributed by atoms with Gasteiger partial charge in [-0.2, -0.15) is 0 Å². The Kier molecular flexibility index (Phi) is 7.83. The van der Waals surface area contributed by atoms with Gasteiger partial charge in [0, 0.05) is 19.3 Å². The molecule has 170 valence electrons. The molecule has 4 amide bonds. The third-order valence-corrected chi connectivity index (χ3v) is 5.14. The lowest BCUT2D eigenvalue weighted by Gasteiger charge is -2.21. The van der Waals surface area contributed by atoms with Crippen molar-refractivity contribution in [3.8, 4) is 5.75 Å². The molecule has 3 rings (SSSR count). The molecule has 0 saturated carbocycles. The molecule has 1 fully saturated rings. The summed E-state index contributed by atoms with van der Waals surface area (Å²) in [4.78, 5) is 41.4. The molecule has 8 heteroatoms. The van der Waals surface area contributed by atoms with E-state index in [1.807, 2.05) is 26.0 Å². The van der Waals surface area contributed by atoms with Crippen LogP contribution < -0.4 is 15.0 Å². The van der Waals surface area contributed by atoms with E-state index >= 15 is 0 Å². The van der Waals surface area contributed by atoms with E-state index in [1.165, 1.54) is 12.0 Å². The molecule has 1 aliphatic rings. The first-order chi connectivity index (χ1) is 15.4. The molecule has 1 aliphatic heterocycles. The number of anilines is 2. The number of benzene rings is 2. The summed E-state index contributed by atoms with van der Waals surface area (Å²) < 4.78 is 10.6. The Morgan fingerprint density at radius 3 is 2.34 bits per heavy atom. The van der Waals surface area contributed by atoms with E-state index in [0.717, 1.165) is 22.6 Å². The van der Waals surface area contributed by atoms with Crippen LogP contribution in [0.3, 0.4) is 0 Å². The van der Waals surface area contributed by atoms with Crippen molar-refractivity contribution in [3.05, 3.63) is 54.1 Å². The quantitative estimate of drug-likeness (QED) is 0.572. The van der Waals surface area contributed by atoms with Crippen LogP contribution in [0.25, 0.3) is 0 Å². The number of nitrogens with zero attached hydrogens (tertiary/aromatic N) is 2. The van der Waals surface area contributed by atoms with Crippen molar-refractivity contribution < 1.29 is 23.9 Å². The van der Waals surface area contributed by atoms with E-state index in [1.54, 1.807) is 36.4 Å². The molecule has 0 aromatic heterocycles. The van der Waals surface area contributed by atoms with E-state index in [4.69, 9.17) is 9.47 Å². The minimum Gasteiger partial charge on any atom is -0.494 e. The highest BCUT2D eigenvalue weighted by atomic mass is 16.5. The number of hydrogen-bond donors (Lipinski definition) is 1. The van der Waals surface area contributed by atoms with Gasteiger partial charge in [0.25, 0.3) is 5.91 Å². The van der Waals surface area contributed by atoms with E-state index in [2.05, 4.69) is 5.32 Å². The molecule has 8 nitrogen and oxygen atoms in total. The van der Waals surface area contributed by atoms with Crippen LogP contribution in [0.15, 0.2) is 48.5 Å². The lowest BCUT2D eigenvalue weighted by molar-refractivity contribution is -0.124. The van der Waals surface area contributed by atoms with E-state index < -0.39 is 18.0 Å². The van der Waals surface area contributed by atoms with Crippen LogP contribution >= 0.6 is 0 Å². The van der Waals surface area contributed by atoms with E-state index in [-0.39, 0.29) is 25.5 Å². The average molecular weight is 440 g/mol. The fourth-order valence-electron chi connectivity index (χ4n) is 3.45. The van der Waals surface area contributed by atoms with Gasteiger partial charge in [-0.1, -0.05) is 24.6 Å². The smallest absolute Gasteiger partial charge is 0.332 e. The molecule has 1 saturated heterocycles. The summed E-state index contributed by atoms with van der Waals surface area (Å²) in [6.45, 7) is 5.05. The van der Waals surface area contributed by atoms with Gasteiger partial charge in [-0.25, -0.2) is 9.69 Å². The maximum absolute atomic E-state index is 13.1. The fourth-order valence-corrected chi connectivity index (χ4v) is 3.45. The van der Waals surface area contributed by atoms with Crippen LogP contribution in [0, 0.1) is 6.92 Å². The second kappa shape index (κ2) is 10.8. The first-order valence-corrected chi connectivity index (χ1v) is 10.7. The molecule has 2 aromatic carbocycles. The van der Waals surface area contributed by atoms with Crippen molar-refractivity contribution >= 4 is 29.2 Å². The number of amides is 4. The third-order valence-electron chi connectivity index (χ3n) is 5.14. The van der Waals surface area contributed by atoms with Crippen molar-refractivity contribution in [3.63, 3.8) is 0 Å². The predicted molar refractivity (Wildman–Crippen MR) is 122 cm³/mol. The normalized spacial score (nSPS) is 15.9. The summed E-state index contributed by atoms with van der Waals surface area (Å²) in [5.41, 5.74) is 2.10. The summed E-state index contributed by atoms with van der Waals surface area (Å²) >= 11 is 0. The SMILES string of the molecule is CCCOc1ccc(NC(=O)CC2C(=O)N(c3ccc(C)cc3)C(=O)N2CCOC)cc1. The molecule has 0 spiro atoms. The van der Waals surface area contributed by atoms with Gasteiger partial charge in [0.1, 0.15) is 11.8 Å². The van der Waals surface area contributed by atoms with Crippen LogP contribution in [-0.4, -0.2) is 55.7 Å². The molecule has 32 heavy (non-hydrogen) atoms. The summed E-state index contributed by atoms with van der Waals surface area (Å²) in [5, 5.41) is 2.79. The zero-order valence-electron chi connectivity index (χ0n) is 18.7. The molecular weight excluding hydrogens is 410 g/mol. The highest BCUT2D eigenvalue weighted by molar-refractivity contribution is 6.22. The van der Waals surface area contributed by atoms with Crippen LogP contribution in [0.4, 0.5) is 16.2 Å². The Balaban J connectivity index is 1.72. The summed E-state index contributed by atoms with van der Waals surface area (Å²) in [5.74, 6) is -0.0548. The summed E-state index contributed by atoms with van der Waals surface area (Å²) in [6.07, 6.45) is 0.760. The molecule has 2 aromatic rings. The van der Waals surface area contributed by atoms with Crippen LogP contribution in [-0.2, 0) is 14.3 Å². The largest absolute Gasteiger partial charge is 0.494 e. The minimum atomic E-state index is -0.897. The zero-order chi connectivity index (χ0) is 23.1. The highest BCUT2D eigenvalue weighted by Gasteiger charge is 2.46. The molecule has 1 atom stereocenters. The molecule has 1 N–H and O–H groups in total. The minimum absolute atomic E-state index is 0.148. The van der Waals surface area contributed by atoms with Gasteiger partial charge in [-0.15, -0.1) is 0 Å². The van der Waals surface area contributed by atoms with Crippen LogP contribution in [0.5, 0.6) is 5.75 Å².